The van der Waals surface area contributed by atoms with E-state index in [9.17, 15) is 4.79 Å². The van der Waals surface area contributed by atoms with Crippen molar-refractivity contribution in [1.82, 2.24) is 19.7 Å². The first-order valence-electron chi connectivity index (χ1n) is 5.24. The molecule has 0 aromatic carbocycles. The number of halogens is 2. The molecule has 0 bridgehead atoms. The number of nitrogens with one attached hydrogen (secondary N) is 1. The molecule has 7 heteroatoms. The van der Waals surface area contributed by atoms with Crippen LogP contribution in [0.2, 0.25) is 10.2 Å². The molecule has 0 unspecified atom stereocenters. The van der Waals surface area contributed by atoms with E-state index in [1.165, 1.54) is 0 Å². The summed E-state index contributed by atoms with van der Waals surface area (Å²) in [4.78, 5) is 13.8. The summed E-state index contributed by atoms with van der Waals surface area (Å²) in [5.74, 6) is -0.146. The van der Waals surface area contributed by atoms with Crippen LogP contribution in [0.3, 0.4) is 0 Å². The number of aromatic nitrogens is 3. The number of nitrogens with zero attached hydrogens (tertiary/aromatic N) is 3. The van der Waals surface area contributed by atoms with E-state index in [0.717, 1.165) is 5.56 Å². The van der Waals surface area contributed by atoms with E-state index in [2.05, 4.69) is 10.2 Å². The van der Waals surface area contributed by atoms with Crippen molar-refractivity contribution in [2.24, 2.45) is 7.05 Å². The van der Waals surface area contributed by atoms with Crippen LogP contribution in [0, 0.1) is 0 Å². The number of H-pyrrole nitrogens is 1. The molecule has 1 amide bonds. The van der Waals surface area contributed by atoms with Gasteiger partial charge in [-0.15, -0.1) is 0 Å². The Morgan fingerprint density at radius 3 is 2.78 bits per heavy atom. The number of aromatic amines is 1. The second kappa shape index (κ2) is 5.04. The molecule has 2 aromatic heterocycles. The maximum absolute atomic E-state index is 12.2. The minimum Gasteiger partial charge on any atom is -0.336 e. The Balaban J connectivity index is 2.18. The summed E-state index contributed by atoms with van der Waals surface area (Å²) in [6.07, 6.45) is 3.42. The third-order valence-corrected chi connectivity index (χ3v) is 3.50. The Morgan fingerprint density at radius 1 is 1.56 bits per heavy atom. The maximum Gasteiger partial charge on any atom is 0.270 e. The second-order valence-corrected chi connectivity index (χ2v) is 4.76. The van der Waals surface area contributed by atoms with Crippen LogP contribution in [0.15, 0.2) is 18.5 Å². The number of amides is 1. The summed E-state index contributed by atoms with van der Waals surface area (Å²) in [7, 11) is 3.41. The maximum atomic E-state index is 12.2. The van der Waals surface area contributed by atoms with Crippen LogP contribution in [-0.4, -0.2) is 32.6 Å². The van der Waals surface area contributed by atoms with Gasteiger partial charge in [-0.2, -0.15) is 5.10 Å². The quantitative estimate of drug-likeness (QED) is 0.942. The van der Waals surface area contributed by atoms with Crippen LogP contribution < -0.4 is 0 Å². The first-order valence-corrected chi connectivity index (χ1v) is 6.00. The molecular formula is C11H12Cl2N4O. The van der Waals surface area contributed by atoms with E-state index in [1.54, 1.807) is 42.0 Å². The first kappa shape index (κ1) is 13.0. The highest BCUT2D eigenvalue weighted by Gasteiger charge is 2.19. The summed E-state index contributed by atoms with van der Waals surface area (Å²) in [6.45, 7) is 0.468. The standard InChI is InChI=1S/C11H12Cl2N4O/c1-16(6-7-4-14-15-5-7)11(18)9-3-8(12)10(13)17(9)2/h3-5H,6H2,1-2H3,(H,14,15). The normalized spacial score (nSPS) is 10.7. The molecule has 0 saturated carbocycles. The Morgan fingerprint density at radius 2 is 2.28 bits per heavy atom. The van der Waals surface area contributed by atoms with Gasteiger partial charge in [0.1, 0.15) is 10.8 Å². The molecule has 2 rings (SSSR count). The lowest BCUT2D eigenvalue weighted by Gasteiger charge is -2.16. The zero-order valence-electron chi connectivity index (χ0n) is 9.94. The van der Waals surface area contributed by atoms with Gasteiger partial charge in [-0.1, -0.05) is 23.2 Å². The molecule has 0 spiro atoms. The van der Waals surface area contributed by atoms with Gasteiger partial charge in [-0.05, 0) is 6.07 Å². The van der Waals surface area contributed by atoms with Crippen molar-refractivity contribution in [2.75, 3.05) is 7.05 Å². The fourth-order valence-corrected chi connectivity index (χ4v) is 2.03. The van der Waals surface area contributed by atoms with Crippen LogP contribution in [0.5, 0.6) is 0 Å². The van der Waals surface area contributed by atoms with E-state index >= 15 is 0 Å². The fourth-order valence-electron chi connectivity index (χ4n) is 1.65. The second-order valence-electron chi connectivity index (χ2n) is 4.00. The number of hydrogen-bond donors (Lipinski definition) is 1. The van der Waals surface area contributed by atoms with Gasteiger partial charge in [0.15, 0.2) is 0 Å². The lowest BCUT2D eigenvalue weighted by Crippen LogP contribution is -2.27. The van der Waals surface area contributed by atoms with Crippen LogP contribution in [0.4, 0.5) is 0 Å². The predicted molar refractivity (Wildman–Crippen MR) is 69.8 cm³/mol. The van der Waals surface area contributed by atoms with Gasteiger partial charge in [-0.25, -0.2) is 0 Å². The zero-order valence-corrected chi connectivity index (χ0v) is 11.5. The number of rotatable bonds is 3. The van der Waals surface area contributed by atoms with Gasteiger partial charge in [-0.3, -0.25) is 9.89 Å². The predicted octanol–water partition coefficient (Wildman–Crippen LogP) is 2.33. The third-order valence-electron chi connectivity index (χ3n) is 2.66. The van der Waals surface area contributed by atoms with Crippen LogP contribution in [-0.2, 0) is 13.6 Å². The van der Waals surface area contributed by atoms with E-state index in [0.29, 0.717) is 22.4 Å². The Labute approximate surface area is 114 Å². The fraction of sp³-hybridized carbons (Fsp3) is 0.273. The number of carbonyl (C=O) groups is 1. The molecule has 1 N–H and O–H groups in total. The SMILES string of the molecule is CN(Cc1cn[nH]c1)C(=O)c1cc(Cl)c(Cl)n1C. The van der Waals surface area contributed by atoms with Crippen molar-refractivity contribution in [1.29, 1.82) is 0 Å². The van der Waals surface area contributed by atoms with Gasteiger partial charge >= 0.3 is 0 Å². The molecule has 2 aromatic rings. The van der Waals surface area contributed by atoms with E-state index in [1.807, 2.05) is 0 Å². The molecule has 0 fully saturated rings. The average molecular weight is 287 g/mol. The van der Waals surface area contributed by atoms with E-state index < -0.39 is 0 Å². The van der Waals surface area contributed by atoms with E-state index in [4.69, 9.17) is 23.2 Å². The number of hydrogen-bond acceptors (Lipinski definition) is 2. The first-order chi connectivity index (χ1) is 8.50. The highest BCUT2D eigenvalue weighted by molar-refractivity contribution is 6.41. The molecule has 18 heavy (non-hydrogen) atoms. The van der Waals surface area contributed by atoms with Crippen molar-refractivity contribution < 1.29 is 4.79 Å². The highest BCUT2D eigenvalue weighted by Crippen LogP contribution is 2.25. The summed E-state index contributed by atoms with van der Waals surface area (Å²) in [6, 6.07) is 1.57. The Kier molecular flexibility index (Phi) is 3.63. The lowest BCUT2D eigenvalue weighted by molar-refractivity contribution is 0.0775. The minimum atomic E-state index is -0.146. The Bertz CT molecular complexity index is 562. The van der Waals surface area contributed by atoms with Crippen LogP contribution >= 0.6 is 23.2 Å². The van der Waals surface area contributed by atoms with Crippen molar-refractivity contribution in [2.45, 2.75) is 6.54 Å². The monoisotopic (exact) mass is 286 g/mol. The van der Waals surface area contributed by atoms with Gasteiger partial charge in [0.05, 0.1) is 11.2 Å². The molecule has 0 aliphatic rings. The molecule has 0 aliphatic carbocycles. The minimum absolute atomic E-state index is 0.146. The molecule has 5 nitrogen and oxygen atoms in total. The van der Waals surface area contributed by atoms with Crippen LogP contribution in [0.25, 0.3) is 0 Å². The zero-order chi connectivity index (χ0) is 13.3. The molecular weight excluding hydrogens is 275 g/mol. The van der Waals surface area contributed by atoms with Gasteiger partial charge in [0.25, 0.3) is 5.91 Å². The van der Waals surface area contributed by atoms with Crippen LogP contribution in [0.1, 0.15) is 16.1 Å². The molecule has 96 valence electrons. The van der Waals surface area contributed by atoms with Crippen molar-refractivity contribution >= 4 is 29.1 Å². The third kappa shape index (κ3) is 2.37. The largest absolute Gasteiger partial charge is 0.336 e. The Hall–Kier alpha value is -1.46. The smallest absolute Gasteiger partial charge is 0.270 e. The summed E-state index contributed by atoms with van der Waals surface area (Å²) < 4.78 is 1.57. The van der Waals surface area contributed by atoms with Crippen molar-refractivity contribution in [3.63, 3.8) is 0 Å². The number of carbonyl (C=O) groups excluding carboxylic acids is 1. The molecule has 0 aliphatic heterocycles. The van der Waals surface area contributed by atoms with Gasteiger partial charge in [0, 0.05) is 32.4 Å². The molecule has 0 saturated heterocycles. The summed E-state index contributed by atoms with van der Waals surface area (Å²) in [5, 5.41) is 7.27. The highest BCUT2D eigenvalue weighted by atomic mass is 35.5. The summed E-state index contributed by atoms with van der Waals surface area (Å²) >= 11 is 11.8. The molecule has 0 atom stereocenters. The lowest BCUT2D eigenvalue weighted by atomic mass is 10.3. The van der Waals surface area contributed by atoms with Gasteiger partial charge in [0.2, 0.25) is 0 Å². The van der Waals surface area contributed by atoms with Crippen molar-refractivity contribution in [3.05, 3.63) is 39.9 Å². The summed E-state index contributed by atoms with van der Waals surface area (Å²) in [5.41, 5.74) is 1.38. The van der Waals surface area contributed by atoms with E-state index in [-0.39, 0.29) is 5.91 Å². The molecule has 2 heterocycles. The van der Waals surface area contributed by atoms with Crippen molar-refractivity contribution in [3.8, 4) is 0 Å². The average Bonchev–Trinajstić information content (AvgIpc) is 2.93. The van der Waals surface area contributed by atoms with Gasteiger partial charge < -0.3 is 9.47 Å². The topological polar surface area (TPSA) is 53.9 Å². The molecule has 0 radical (unpaired) electrons.